The van der Waals surface area contributed by atoms with Crippen LogP contribution in [0.25, 0.3) is 22.7 Å². The number of ether oxygens (including phenoxy) is 3. The molecule has 35 heavy (non-hydrogen) atoms. The first-order valence-corrected chi connectivity index (χ1v) is 11.6. The van der Waals surface area contributed by atoms with Gasteiger partial charge in [-0.2, -0.15) is 10.5 Å². The third-order valence-electron chi connectivity index (χ3n) is 5.25. The van der Waals surface area contributed by atoms with Crippen molar-refractivity contribution < 1.29 is 14.2 Å². The van der Waals surface area contributed by atoms with Gasteiger partial charge in [-0.25, -0.2) is 4.98 Å². The molecule has 1 heterocycles. The van der Waals surface area contributed by atoms with Gasteiger partial charge < -0.3 is 19.2 Å². The van der Waals surface area contributed by atoms with E-state index < -0.39 is 0 Å². The average Bonchev–Trinajstić information content (AvgIpc) is 3.31. The van der Waals surface area contributed by atoms with Gasteiger partial charge in [-0.3, -0.25) is 0 Å². The molecule has 0 atom stereocenters. The summed E-state index contributed by atoms with van der Waals surface area (Å²) in [6, 6.07) is 20.8. The van der Waals surface area contributed by atoms with E-state index in [1.54, 1.807) is 25.3 Å². The summed E-state index contributed by atoms with van der Waals surface area (Å²) in [5.41, 5.74) is 3.94. The Kier molecular flexibility index (Phi) is 7.35. The quantitative estimate of drug-likeness (QED) is 0.271. The number of methoxy groups -OCH3 is 1. The van der Waals surface area contributed by atoms with E-state index in [9.17, 15) is 10.5 Å². The third kappa shape index (κ3) is 5.29. The van der Waals surface area contributed by atoms with Gasteiger partial charge in [-0.1, -0.05) is 34.1 Å². The van der Waals surface area contributed by atoms with Crippen LogP contribution in [-0.4, -0.2) is 23.7 Å². The highest BCUT2D eigenvalue weighted by Crippen LogP contribution is 2.36. The molecule has 0 aliphatic carbocycles. The zero-order chi connectivity index (χ0) is 24.8. The molecule has 4 aromatic rings. The number of halogens is 1. The lowest BCUT2D eigenvalue weighted by molar-refractivity contribution is 0.269. The fourth-order valence-corrected chi connectivity index (χ4v) is 3.94. The number of hydrogen-bond donors (Lipinski definition) is 1. The number of imidazole rings is 1. The lowest BCUT2D eigenvalue weighted by Gasteiger charge is -2.14. The molecule has 0 spiro atoms. The topological polar surface area (TPSA) is 104 Å². The summed E-state index contributed by atoms with van der Waals surface area (Å²) in [5, 5.41) is 19.2. The van der Waals surface area contributed by atoms with Crippen molar-refractivity contribution in [3.8, 4) is 29.4 Å². The molecule has 0 aliphatic heterocycles. The van der Waals surface area contributed by atoms with Crippen LogP contribution < -0.4 is 14.2 Å². The first-order chi connectivity index (χ1) is 17.1. The Balaban J connectivity index is 1.67. The maximum absolute atomic E-state index is 9.84. The van der Waals surface area contributed by atoms with Crippen molar-refractivity contribution in [3.63, 3.8) is 0 Å². The second kappa shape index (κ2) is 10.8. The molecule has 3 aromatic carbocycles. The average molecular weight is 529 g/mol. The van der Waals surface area contributed by atoms with Crippen molar-refractivity contribution in [2.24, 2.45) is 0 Å². The van der Waals surface area contributed by atoms with Gasteiger partial charge in [0.1, 0.15) is 24.3 Å². The van der Waals surface area contributed by atoms with E-state index >= 15 is 0 Å². The molecule has 7 nitrogen and oxygen atoms in total. The molecular weight excluding hydrogens is 508 g/mol. The van der Waals surface area contributed by atoms with E-state index in [0.717, 1.165) is 26.6 Å². The van der Waals surface area contributed by atoms with Crippen molar-refractivity contribution in [1.29, 1.82) is 10.5 Å². The molecule has 0 amide bonds. The summed E-state index contributed by atoms with van der Waals surface area (Å²) < 4.78 is 17.8. The fourth-order valence-electron chi connectivity index (χ4n) is 3.51. The van der Waals surface area contributed by atoms with Crippen LogP contribution in [0, 0.1) is 22.7 Å². The minimum atomic E-state index is 0.220. The zero-order valence-corrected chi connectivity index (χ0v) is 20.7. The largest absolute Gasteiger partial charge is 0.497 e. The van der Waals surface area contributed by atoms with Crippen molar-refractivity contribution in [2.75, 3.05) is 13.7 Å². The van der Waals surface area contributed by atoms with Crippen LogP contribution in [0.15, 0.2) is 59.1 Å². The smallest absolute Gasteiger partial charge is 0.162 e. The number of nitrogens with one attached hydrogen (secondary N) is 1. The van der Waals surface area contributed by atoms with Crippen LogP contribution in [-0.2, 0) is 6.61 Å². The Morgan fingerprint density at radius 1 is 1.09 bits per heavy atom. The second-order valence-corrected chi connectivity index (χ2v) is 8.30. The monoisotopic (exact) mass is 528 g/mol. The molecular formula is C27H21BrN4O3. The fraction of sp³-hybridized carbons (Fsp3) is 0.148. The zero-order valence-electron chi connectivity index (χ0n) is 19.1. The number of fused-ring (bicyclic) bond motifs is 1. The molecule has 174 valence electrons. The van der Waals surface area contributed by atoms with Crippen LogP contribution in [0.2, 0.25) is 0 Å². The lowest BCUT2D eigenvalue weighted by Crippen LogP contribution is -2.02. The van der Waals surface area contributed by atoms with Crippen LogP contribution in [0.5, 0.6) is 17.2 Å². The van der Waals surface area contributed by atoms with Crippen molar-refractivity contribution in [2.45, 2.75) is 13.5 Å². The number of benzene rings is 3. The highest BCUT2D eigenvalue weighted by molar-refractivity contribution is 9.10. The standard InChI is InChI=1S/C27H21BrN4O3/c1-3-34-25-11-19(22(28)13-26(25)35-16-18-7-5-4-6-17(18)14-29)10-20(15-30)27-31-23-9-8-21(33-2)12-24(23)32-27/h4-13H,3,16H2,1-2H3,(H,31,32)/b20-10-. The Bertz CT molecular complexity index is 1490. The minimum Gasteiger partial charge on any atom is -0.497 e. The van der Waals surface area contributed by atoms with Crippen LogP contribution >= 0.6 is 15.9 Å². The number of aromatic amines is 1. The van der Waals surface area contributed by atoms with E-state index in [1.165, 1.54) is 0 Å². The Hall–Kier alpha value is -4.27. The van der Waals surface area contributed by atoms with Gasteiger partial charge in [0.15, 0.2) is 11.5 Å². The van der Waals surface area contributed by atoms with Gasteiger partial charge in [-0.05, 0) is 48.9 Å². The summed E-state index contributed by atoms with van der Waals surface area (Å²) in [6.45, 7) is 2.54. The summed E-state index contributed by atoms with van der Waals surface area (Å²) >= 11 is 3.58. The Morgan fingerprint density at radius 3 is 2.63 bits per heavy atom. The van der Waals surface area contributed by atoms with E-state index in [1.807, 2.05) is 49.4 Å². The number of nitriles is 2. The molecule has 8 heteroatoms. The maximum Gasteiger partial charge on any atom is 0.162 e. The molecule has 0 bridgehead atoms. The molecule has 0 unspecified atom stereocenters. The molecule has 0 fully saturated rings. The number of allylic oxidation sites excluding steroid dienone is 1. The first-order valence-electron chi connectivity index (χ1n) is 10.8. The normalized spacial score (nSPS) is 11.1. The third-order valence-corrected chi connectivity index (χ3v) is 5.94. The second-order valence-electron chi connectivity index (χ2n) is 7.45. The van der Waals surface area contributed by atoms with Gasteiger partial charge in [0, 0.05) is 16.1 Å². The highest BCUT2D eigenvalue weighted by Gasteiger charge is 2.14. The van der Waals surface area contributed by atoms with Crippen molar-refractivity contribution in [1.82, 2.24) is 9.97 Å². The lowest BCUT2D eigenvalue weighted by atomic mass is 10.1. The van der Waals surface area contributed by atoms with Gasteiger partial charge in [0.05, 0.1) is 42.0 Å². The van der Waals surface area contributed by atoms with E-state index in [-0.39, 0.29) is 6.61 Å². The number of H-pyrrole nitrogens is 1. The minimum absolute atomic E-state index is 0.220. The molecule has 1 aromatic heterocycles. The van der Waals surface area contributed by atoms with Crippen LogP contribution in [0.1, 0.15) is 29.4 Å². The summed E-state index contributed by atoms with van der Waals surface area (Å²) in [4.78, 5) is 7.72. The van der Waals surface area contributed by atoms with E-state index in [2.05, 4.69) is 38.0 Å². The Labute approximate surface area is 211 Å². The summed E-state index contributed by atoms with van der Waals surface area (Å²) in [7, 11) is 1.60. The number of rotatable bonds is 8. The summed E-state index contributed by atoms with van der Waals surface area (Å²) in [5.74, 6) is 2.21. The molecule has 0 radical (unpaired) electrons. The van der Waals surface area contributed by atoms with Crippen LogP contribution in [0.3, 0.4) is 0 Å². The first kappa shape index (κ1) is 23.9. The predicted octanol–water partition coefficient (Wildman–Crippen LogP) is 6.25. The molecule has 0 saturated heterocycles. The van der Waals surface area contributed by atoms with Crippen molar-refractivity contribution >= 4 is 38.6 Å². The van der Waals surface area contributed by atoms with Gasteiger partial charge in [0.2, 0.25) is 0 Å². The Morgan fingerprint density at radius 2 is 1.89 bits per heavy atom. The number of nitrogens with zero attached hydrogens (tertiary/aromatic N) is 3. The molecule has 1 N–H and O–H groups in total. The van der Waals surface area contributed by atoms with Gasteiger partial charge in [0.25, 0.3) is 0 Å². The van der Waals surface area contributed by atoms with Crippen LogP contribution in [0.4, 0.5) is 0 Å². The van der Waals surface area contributed by atoms with E-state index in [4.69, 9.17) is 14.2 Å². The molecule has 4 rings (SSSR count). The molecule has 0 saturated carbocycles. The summed E-state index contributed by atoms with van der Waals surface area (Å²) in [6.07, 6.45) is 1.73. The van der Waals surface area contributed by atoms with Gasteiger partial charge >= 0.3 is 0 Å². The molecule has 0 aliphatic rings. The van der Waals surface area contributed by atoms with Crippen molar-refractivity contribution in [3.05, 3.63) is 81.6 Å². The SMILES string of the molecule is CCOc1cc(/C=C(/C#N)c2nc3ccc(OC)cc3[nH]2)c(Br)cc1OCc1ccccc1C#N. The maximum atomic E-state index is 9.84. The number of hydrogen-bond acceptors (Lipinski definition) is 6. The van der Waals surface area contributed by atoms with Gasteiger partial charge in [-0.15, -0.1) is 0 Å². The van der Waals surface area contributed by atoms with E-state index in [0.29, 0.717) is 40.8 Å². The highest BCUT2D eigenvalue weighted by atomic mass is 79.9. The number of aromatic nitrogens is 2. The predicted molar refractivity (Wildman–Crippen MR) is 137 cm³/mol.